The van der Waals surface area contributed by atoms with Gasteiger partial charge in [-0.15, -0.1) is 0 Å². The second-order valence-corrected chi connectivity index (χ2v) is 12.1. The molecule has 1 N–H and O–H groups in total. The molecule has 0 heterocycles. The van der Waals surface area contributed by atoms with E-state index >= 15 is 0 Å². The van der Waals surface area contributed by atoms with E-state index in [2.05, 4.69) is 5.32 Å². The Morgan fingerprint density at radius 1 is 0.976 bits per heavy atom. The predicted molar refractivity (Wildman–Crippen MR) is 158 cm³/mol. The summed E-state index contributed by atoms with van der Waals surface area (Å²) >= 11 is 12.2. The van der Waals surface area contributed by atoms with Gasteiger partial charge in [0.15, 0.2) is 0 Å². The maximum absolute atomic E-state index is 13.9. The minimum atomic E-state index is -4.31. The number of halogens is 3. The Labute approximate surface area is 250 Å². The van der Waals surface area contributed by atoms with Crippen LogP contribution < -0.4 is 14.4 Å². The molecule has 41 heavy (non-hydrogen) atoms. The topological polar surface area (TPSA) is 96.0 Å². The Balaban J connectivity index is 2.03. The molecule has 0 radical (unpaired) electrons. The second-order valence-electron chi connectivity index (χ2n) is 9.43. The number of benzene rings is 3. The Morgan fingerprint density at radius 2 is 1.61 bits per heavy atom. The highest BCUT2D eigenvalue weighted by molar-refractivity contribution is 7.92. The molecule has 2 amide bonds. The average molecular weight is 625 g/mol. The molecule has 220 valence electrons. The number of nitrogens with zero attached hydrogens (tertiary/aromatic N) is 2. The van der Waals surface area contributed by atoms with Gasteiger partial charge in [-0.3, -0.25) is 13.9 Å². The zero-order valence-electron chi connectivity index (χ0n) is 23.1. The van der Waals surface area contributed by atoms with Crippen LogP contribution >= 0.6 is 23.2 Å². The van der Waals surface area contributed by atoms with E-state index in [0.717, 1.165) is 16.4 Å². The number of hydrogen-bond acceptors (Lipinski definition) is 5. The number of methoxy groups -OCH3 is 1. The molecule has 3 aromatic rings. The van der Waals surface area contributed by atoms with Gasteiger partial charge in [0, 0.05) is 12.6 Å². The van der Waals surface area contributed by atoms with Crippen LogP contribution in [0.25, 0.3) is 0 Å². The van der Waals surface area contributed by atoms with Crippen LogP contribution in [0.1, 0.15) is 32.8 Å². The summed E-state index contributed by atoms with van der Waals surface area (Å²) in [6, 6.07) is 14.1. The predicted octanol–water partition coefficient (Wildman–Crippen LogP) is 5.67. The molecule has 3 aromatic carbocycles. The van der Waals surface area contributed by atoms with Crippen LogP contribution in [0, 0.1) is 5.82 Å². The van der Waals surface area contributed by atoms with Crippen LogP contribution in [0.15, 0.2) is 71.6 Å². The first kappa shape index (κ1) is 32.2. The van der Waals surface area contributed by atoms with Gasteiger partial charge in [-0.1, -0.05) is 36.2 Å². The molecule has 12 heteroatoms. The van der Waals surface area contributed by atoms with Crippen molar-refractivity contribution in [1.82, 2.24) is 10.2 Å². The maximum Gasteiger partial charge on any atom is 0.264 e. The minimum absolute atomic E-state index is 0.0509. The molecule has 0 spiro atoms. The first-order chi connectivity index (χ1) is 19.4. The zero-order chi connectivity index (χ0) is 30.3. The summed E-state index contributed by atoms with van der Waals surface area (Å²) in [7, 11) is -2.85. The highest BCUT2D eigenvalue weighted by atomic mass is 35.5. The van der Waals surface area contributed by atoms with Gasteiger partial charge >= 0.3 is 0 Å². The number of nitrogens with one attached hydrogen (secondary N) is 1. The molecule has 0 fully saturated rings. The van der Waals surface area contributed by atoms with Crippen molar-refractivity contribution >= 4 is 50.7 Å². The Morgan fingerprint density at radius 3 is 2.17 bits per heavy atom. The van der Waals surface area contributed by atoms with Gasteiger partial charge in [-0.05, 0) is 86.5 Å². The van der Waals surface area contributed by atoms with Crippen molar-refractivity contribution < 1.29 is 27.1 Å². The number of hydrogen-bond donors (Lipinski definition) is 1. The fraction of sp³-hybridized carbons (Fsp3) is 0.310. The first-order valence-electron chi connectivity index (χ1n) is 12.8. The molecule has 8 nitrogen and oxygen atoms in total. The van der Waals surface area contributed by atoms with Crippen LogP contribution in [-0.4, -0.2) is 50.9 Å². The Bertz CT molecular complexity index is 1470. The number of amides is 2. The highest BCUT2D eigenvalue weighted by Crippen LogP contribution is 2.27. The van der Waals surface area contributed by atoms with Gasteiger partial charge in [-0.2, -0.15) is 0 Å². The fourth-order valence-corrected chi connectivity index (χ4v) is 5.63. The van der Waals surface area contributed by atoms with Crippen LogP contribution in [0.5, 0.6) is 5.75 Å². The quantitative estimate of drug-likeness (QED) is 0.280. The van der Waals surface area contributed by atoms with E-state index in [4.69, 9.17) is 27.9 Å². The van der Waals surface area contributed by atoms with Crippen LogP contribution in [0.2, 0.25) is 10.0 Å². The molecule has 0 saturated heterocycles. The Kier molecular flexibility index (Phi) is 11.0. The van der Waals surface area contributed by atoms with Gasteiger partial charge in [0.05, 0.1) is 27.7 Å². The van der Waals surface area contributed by atoms with E-state index in [-0.39, 0.29) is 28.2 Å². The monoisotopic (exact) mass is 623 g/mol. The van der Waals surface area contributed by atoms with Gasteiger partial charge in [0.2, 0.25) is 11.8 Å². The van der Waals surface area contributed by atoms with Crippen molar-refractivity contribution in [2.45, 2.75) is 50.7 Å². The van der Waals surface area contributed by atoms with Gasteiger partial charge in [-0.25, -0.2) is 12.8 Å². The highest BCUT2D eigenvalue weighted by Gasteiger charge is 2.33. The smallest absolute Gasteiger partial charge is 0.264 e. The molecular formula is C29H32Cl2FN3O5S. The lowest BCUT2D eigenvalue weighted by Gasteiger charge is -2.32. The fourth-order valence-electron chi connectivity index (χ4n) is 3.89. The molecule has 2 atom stereocenters. The van der Waals surface area contributed by atoms with Crippen LogP contribution in [0.3, 0.4) is 0 Å². The van der Waals surface area contributed by atoms with Gasteiger partial charge in [0.1, 0.15) is 24.2 Å². The summed E-state index contributed by atoms with van der Waals surface area (Å²) in [5.74, 6) is -1.19. The summed E-state index contributed by atoms with van der Waals surface area (Å²) in [4.78, 5) is 28.2. The first-order valence-corrected chi connectivity index (χ1v) is 15.0. The van der Waals surface area contributed by atoms with Crippen molar-refractivity contribution in [3.8, 4) is 5.75 Å². The largest absolute Gasteiger partial charge is 0.497 e. The molecule has 3 rings (SSSR count). The SMILES string of the molecule is CC[C@H](C)NC(=O)[C@@H](C)N(Cc1ccc(Cl)c(Cl)c1)C(=O)CN(c1ccc(F)cc1)S(=O)(=O)c1ccc(OC)cc1. The number of sulfonamides is 1. The lowest BCUT2D eigenvalue weighted by Crippen LogP contribution is -2.52. The van der Waals surface area contributed by atoms with Crippen LogP contribution in [-0.2, 0) is 26.2 Å². The molecule has 0 aliphatic rings. The zero-order valence-corrected chi connectivity index (χ0v) is 25.4. The lowest BCUT2D eigenvalue weighted by molar-refractivity contribution is -0.139. The van der Waals surface area contributed by atoms with E-state index in [1.807, 2.05) is 13.8 Å². The molecular weight excluding hydrogens is 592 g/mol. The molecule has 0 saturated carbocycles. The molecule has 0 aliphatic carbocycles. The van der Waals surface area contributed by atoms with Crippen molar-refractivity contribution in [3.05, 3.63) is 88.2 Å². The van der Waals surface area contributed by atoms with E-state index in [1.165, 1.54) is 48.4 Å². The van der Waals surface area contributed by atoms with Gasteiger partial charge in [0.25, 0.3) is 10.0 Å². The van der Waals surface area contributed by atoms with Crippen molar-refractivity contribution in [2.75, 3.05) is 18.0 Å². The van der Waals surface area contributed by atoms with E-state index < -0.39 is 40.2 Å². The number of rotatable bonds is 12. The number of carbonyl (C=O) groups excluding carboxylic acids is 2. The molecule has 0 bridgehead atoms. The molecule has 0 aliphatic heterocycles. The summed E-state index contributed by atoms with van der Waals surface area (Å²) in [5.41, 5.74) is 0.657. The summed E-state index contributed by atoms with van der Waals surface area (Å²) in [5, 5.41) is 3.45. The van der Waals surface area contributed by atoms with E-state index in [1.54, 1.807) is 25.1 Å². The molecule has 0 aromatic heterocycles. The number of carbonyl (C=O) groups is 2. The van der Waals surface area contributed by atoms with Crippen LogP contribution in [0.4, 0.5) is 10.1 Å². The van der Waals surface area contributed by atoms with Crippen molar-refractivity contribution in [1.29, 1.82) is 0 Å². The minimum Gasteiger partial charge on any atom is -0.497 e. The van der Waals surface area contributed by atoms with Crippen molar-refractivity contribution in [2.24, 2.45) is 0 Å². The van der Waals surface area contributed by atoms with E-state index in [0.29, 0.717) is 22.8 Å². The third kappa shape index (κ3) is 8.12. The average Bonchev–Trinajstić information content (AvgIpc) is 2.96. The molecule has 0 unspecified atom stereocenters. The number of ether oxygens (including phenoxy) is 1. The standard InChI is InChI=1S/C29H32Cl2FN3O5S/c1-5-19(2)33-29(37)20(3)34(17-21-6-15-26(30)27(31)16-21)28(36)18-35(23-9-7-22(32)8-10-23)41(38,39)25-13-11-24(40-4)12-14-25/h6-16,19-20H,5,17-18H2,1-4H3,(H,33,37)/t19-,20+/m0/s1. The summed E-state index contributed by atoms with van der Waals surface area (Å²) in [6.07, 6.45) is 0.678. The Hall–Kier alpha value is -3.34. The third-order valence-corrected chi connectivity index (χ3v) is 9.07. The van der Waals surface area contributed by atoms with E-state index in [9.17, 15) is 22.4 Å². The van der Waals surface area contributed by atoms with Crippen molar-refractivity contribution in [3.63, 3.8) is 0 Å². The second kappa shape index (κ2) is 14.0. The summed E-state index contributed by atoms with van der Waals surface area (Å²) in [6.45, 7) is 4.60. The summed E-state index contributed by atoms with van der Waals surface area (Å²) < 4.78 is 47.4. The van der Waals surface area contributed by atoms with Gasteiger partial charge < -0.3 is 15.0 Å². The maximum atomic E-state index is 13.9. The lowest BCUT2D eigenvalue weighted by atomic mass is 10.1. The number of anilines is 1. The normalized spacial score (nSPS) is 12.8. The third-order valence-electron chi connectivity index (χ3n) is 6.55.